The Labute approximate surface area is 170 Å². The topological polar surface area (TPSA) is 60.4 Å². The van der Waals surface area contributed by atoms with Crippen molar-refractivity contribution in [2.45, 2.75) is 6.10 Å². The lowest BCUT2D eigenvalue weighted by molar-refractivity contribution is 0.0959. The number of aromatic nitrogens is 3. The second-order valence-corrected chi connectivity index (χ2v) is 6.70. The van der Waals surface area contributed by atoms with E-state index in [-0.39, 0.29) is 6.10 Å². The monoisotopic (exact) mass is 386 g/mol. The Morgan fingerprint density at radius 2 is 1.93 bits per heavy atom. The van der Waals surface area contributed by atoms with Crippen molar-refractivity contribution in [2.75, 3.05) is 25.1 Å². The summed E-state index contributed by atoms with van der Waals surface area (Å²) in [5, 5.41) is 0. The first kappa shape index (κ1) is 18.7. The van der Waals surface area contributed by atoms with Crippen LogP contribution >= 0.6 is 0 Å². The quantitative estimate of drug-likeness (QED) is 0.636. The van der Waals surface area contributed by atoms with Crippen molar-refractivity contribution in [3.05, 3.63) is 73.2 Å². The molecule has 0 aliphatic carbocycles. The van der Waals surface area contributed by atoms with Gasteiger partial charge in [0.05, 0.1) is 12.2 Å². The summed E-state index contributed by atoms with van der Waals surface area (Å²) in [5.74, 6) is 2.87. The van der Waals surface area contributed by atoms with Gasteiger partial charge in [0.15, 0.2) is 23.4 Å². The third kappa shape index (κ3) is 3.82. The molecule has 1 aliphatic heterocycles. The summed E-state index contributed by atoms with van der Waals surface area (Å²) in [4.78, 5) is 15.6. The molecular formula is C23H22N4O2. The van der Waals surface area contributed by atoms with Gasteiger partial charge in [-0.15, -0.1) is 0 Å². The molecule has 0 radical (unpaired) electrons. The number of benzene rings is 1. The molecule has 6 nitrogen and oxygen atoms in total. The van der Waals surface area contributed by atoms with Gasteiger partial charge >= 0.3 is 0 Å². The molecule has 0 amide bonds. The van der Waals surface area contributed by atoms with Gasteiger partial charge in [0, 0.05) is 30.6 Å². The summed E-state index contributed by atoms with van der Waals surface area (Å²) in [7, 11) is 1.97. The highest BCUT2D eigenvalue weighted by molar-refractivity contribution is 5.73. The Hall–Kier alpha value is -3.67. The van der Waals surface area contributed by atoms with E-state index in [9.17, 15) is 0 Å². The van der Waals surface area contributed by atoms with E-state index < -0.39 is 0 Å². The second-order valence-electron chi connectivity index (χ2n) is 6.70. The molecule has 0 fully saturated rings. The predicted molar refractivity (Wildman–Crippen MR) is 115 cm³/mol. The Morgan fingerprint density at radius 1 is 1.10 bits per heavy atom. The van der Waals surface area contributed by atoms with Crippen molar-refractivity contribution >= 4 is 18.0 Å². The van der Waals surface area contributed by atoms with E-state index >= 15 is 0 Å². The Morgan fingerprint density at radius 3 is 2.66 bits per heavy atom. The lowest BCUT2D eigenvalue weighted by Gasteiger charge is -2.30. The minimum atomic E-state index is -0.128. The summed E-state index contributed by atoms with van der Waals surface area (Å²) in [6, 6.07) is 11.5. The Kier molecular flexibility index (Phi) is 5.24. The van der Waals surface area contributed by atoms with Crippen LogP contribution in [0.1, 0.15) is 11.3 Å². The average Bonchev–Trinajstić information content (AvgIpc) is 2.78. The largest absolute Gasteiger partial charge is 0.486 e. The highest BCUT2D eigenvalue weighted by Crippen LogP contribution is 2.32. The molecule has 0 saturated heterocycles. The van der Waals surface area contributed by atoms with Crippen LogP contribution in [-0.4, -0.2) is 41.3 Å². The lowest BCUT2D eigenvalue weighted by atomic mass is 10.1. The second kappa shape index (κ2) is 8.14. The predicted octanol–water partition coefficient (Wildman–Crippen LogP) is 4.10. The van der Waals surface area contributed by atoms with E-state index in [4.69, 9.17) is 14.5 Å². The fourth-order valence-corrected chi connectivity index (χ4v) is 3.29. The fourth-order valence-electron chi connectivity index (χ4n) is 3.29. The first-order valence-electron chi connectivity index (χ1n) is 9.36. The zero-order valence-corrected chi connectivity index (χ0v) is 16.3. The standard InChI is InChI=1S/C23H22N4O2/c1-4-18-19(5-2)25-22(16-9-8-12-24-13-16)26-23(18)27(3)14-17-15-28-20-10-6-7-11-21(20)29-17/h4-13,17H,1-2,14-15H2,3H3/t17-/m0/s1. The maximum Gasteiger partial charge on any atom is 0.163 e. The van der Waals surface area contributed by atoms with Crippen LogP contribution < -0.4 is 14.4 Å². The summed E-state index contributed by atoms with van der Waals surface area (Å²) in [5.41, 5.74) is 2.39. The number of para-hydroxylation sites is 2. The van der Waals surface area contributed by atoms with Gasteiger partial charge in [0.25, 0.3) is 0 Å². The van der Waals surface area contributed by atoms with Crippen LogP contribution in [0.25, 0.3) is 23.5 Å². The summed E-state index contributed by atoms with van der Waals surface area (Å²) >= 11 is 0. The molecule has 0 N–H and O–H groups in total. The lowest BCUT2D eigenvalue weighted by Crippen LogP contribution is -2.40. The molecule has 3 aromatic rings. The van der Waals surface area contributed by atoms with E-state index in [1.807, 2.05) is 48.3 Å². The van der Waals surface area contributed by atoms with Gasteiger partial charge in [0.2, 0.25) is 0 Å². The van der Waals surface area contributed by atoms with Crippen LogP contribution in [0, 0.1) is 0 Å². The highest BCUT2D eigenvalue weighted by atomic mass is 16.6. The van der Waals surface area contributed by atoms with Crippen molar-refractivity contribution < 1.29 is 9.47 Å². The number of rotatable bonds is 6. The molecule has 2 aromatic heterocycles. The van der Waals surface area contributed by atoms with Crippen molar-refractivity contribution in [1.82, 2.24) is 15.0 Å². The van der Waals surface area contributed by atoms with Gasteiger partial charge in [0.1, 0.15) is 12.4 Å². The van der Waals surface area contributed by atoms with Gasteiger partial charge in [-0.3, -0.25) is 4.98 Å². The van der Waals surface area contributed by atoms with Gasteiger partial charge in [-0.05, 0) is 30.3 Å². The number of hydrogen-bond donors (Lipinski definition) is 0. The molecule has 6 heteroatoms. The van der Waals surface area contributed by atoms with E-state index in [1.54, 1.807) is 24.5 Å². The van der Waals surface area contributed by atoms with Crippen molar-refractivity contribution in [3.8, 4) is 22.9 Å². The minimum absolute atomic E-state index is 0.128. The summed E-state index contributed by atoms with van der Waals surface area (Å²) < 4.78 is 11.9. The van der Waals surface area contributed by atoms with E-state index in [0.29, 0.717) is 19.0 Å². The smallest absolute Gasteiger partial charge is 0.163 e. The molecule has 1 atom stereocenters. The van der Waals surface area contributed by atoms with Crippen molar-refractivity contribution in [2.24, 2.45) is 0 Å². The molecule has 146 valence electrons. The maximum absolute atomic E-state index is 6.10. The third-order valence-electron chi connectivity index (χ3n) is 4.68. The van der Waals surface area contributed by atoms with Crippen LogP contribution in [-0.2, 0) is 0 Å². The Balaban J connectivity index is 1.64. The minimum Gasteiger partial charge on any atom is -0.486 e. The van der Waals surface area contributed by atoms with Gasteiger partial charge < -0.3 is 14.4 Å². The number of hydrogen-bond acceptors (Lipinski definition) is 6. The fraction of sp³-hybridized carbons (Fsp3) is 0.174. The molecule has 0 unspecified atom stereocenters. The van der Waals surface area contributed by atoms with Crippen LogP contribution in [0.15, 0.2) is 61.9 Å². The molecule has 0 bridgehead atoms. The van der Waals surface area contributed by atoms with E-state index in [1.165, 1.54) is 0 Å². The van der Waals surface area contributed by atoms with E-state index in [0.717, 1.165) is 34.1 Å². The molecule has 0 saturated carbocycles. The number of pyridine rings is 1. The number of nitrogens with zero attached hydrogens (tertiary/aromatic N) is 4. The van der Waals surface area contributed by atoms with Crippen LogP contribution in [0.2, 0.25) is 0 Å². The number of ether oxygens (including phenoxy) is 2. The first-order chi connectivity index (χ1) is 14.2. The molecule has 29 heavy (non-hydrogen) atoms. The zero-order valence-electron chi connectivity index (χ0n) is 16.3. The summed E-state index contributed by atoms with van der Waals surface area (Å²) in [6.07, 6.45) is 6.81. The maximum atomic E-state index is 6.10. The third-order valence-corrected chi connectivity index (χ3v) is 4.68. The van der Waals surface area contributed by atoms with E-state index in [2.05, 4.69) is 23.1 Å². The molecular weight excluding hydrogens is 364 g/mol. The Bertz CT molecular complexity index is 1040. The van der Waals surface area contributed by atoms with Crippen molar-refractivity contribution in [1.29, 1.82) is 0 Å². The molecule has 1 aromatic carbocycles. The normalized spacial score (nSPS) is 14.9. The summed E-state index contributed by atoms with van der Waals surface area (Å²) in [6.45, 7) is 8.90. The number of anilines is 1. The molecule has 4 rings (SSSR count). The highest BCUT2D eigenvalue weighted by Gasteiger charge is 2.24. The molecule has 0 spiro atoms. The van der Waals surface area contributed by atoms with Crippen molar-refractivity contribution in [3.63, 3.8) is 0 Å². The first-order valence-corrected chi connectivity index (χ1v) is 9.36. The number of likely N-dealkylation sites (N-methyl/N-ethyl adjacent to an activating group) is 1. The average molecular weight is 386 g/mol. The SMILES string of the molecule is C=Cc1nc(-c2cccnc2)nc(N(C)C[C@H]2COc3ccccc3O2)c1C=C. The zero-order chi connectivity index (χ0) is 20.2. The van der Waals surface area contributed by atoms with Crippen LogP contribution in [0.3, 0.4) is 0 Å². The number of fused-ring (bicyclic) bond motifs is 1. The van der Waals surface area contributed by atoms with Gasteiger partial charge in [-0.2, -0.15) is 0 Å². The van der Waals surface area contributed by atoms with Gasteiger partial charge in [-0.25, -0.2) is 9.97 Å². The van der Waals surface area contributed by atoms with Gasteiger partial charge in [-0.1, -0.05) is 31.4 Å². The van der Waals surface area contributed by atoms with Crippen LogP contribution in [0.5, 0.6) is 11.5 Å². The molecule has 3 heterocycles. The molecule has 1 aliphatic rings. The van der Waals surface area contributed by atoms with Crippen LogP contribution in [0.4, 0.5) is 5.82 Å².